The van der Waals surface area contributed by atoms with Crippen LogP contribution in [0.1, 0.15) is 24.5 Å². The van der Waals surface area contributed by atoms with Gasteiger partial charge in [0, 0.05) is 23.5 Å². The number of hydrogen-bond donors (Lipinski definition) is 1. The van der Waals surface area contributed by atoms with Crippen LogP contribution in [0, 0.1) is 11.8 Å². The fourth-order valence-corrected chi connectivity index (χ4v) is 5.40. The molecule has 8 heteroatoms. The van der Waals surface area contributed by atoms with Crippen molar-refractivity contribution < 1.29 is 22.4 Å². The average molecular weight is 402 g/mol. The van der Waals surface area contributed by atoms with Crippen LogP contribution in [0.4, 0.5) is 0 Å². The molecule has 2 bridgehead atoms. The first kappa shape index (κ1) is 17.9. The van der Waals surface area contributed by atoms with Crippen LogP contribution in [0.2, 0.25) is 0 Å². The van der Waals surface area contributed by atoms with Crippen LogP contribution in [-0.4, -0.2) is 45.4 Å². The zero-order valence-corrected chi connectivity index (χ0v) is 16.4. The first-order chi connectivity index (χ1) is 13.6. The summed E-state index contributed by atoms with van der Waals surface area (Å²) < 4.78 is 27.8. The van der Waals surface area contributed by atoms with Crippen molar-refractivity contribution in [2.24, 2.45) is 11.8 Å². The zero-order chi connectivity index (χ0) is 19.4. The second-order valence-corrected chi connectivity index (χ2v) is 8.35. The molecule has 6 rings (SSSR count). The molecule has 3 unspecified atom stereocenters. The van der Waals surface area contributed by atoms with Gasteiger partial charge in [-0.05, 0) is 49.4 Å². The molecule has 1 aromatic heterocycles. The van der Waals surface area contributed by atoms with Gasteiger partial charge in [0.2, 0.25) is 5.75 Å². The number of aliphatic hydroxyl groups excluding tert-OH is 1. The van der Waals surface area contributed by atoms with Gasteiger partial charge in [-0.1, -0.05) is 6.08 Å². The Kier molecular flexibility index (Phi) is 4.30. The number of hydrogen-bond acceptors (Lipinski definition) is 7. The Morgan fingerprint density at radius 1 is 1.46 bits per heavy atom. The lowest BCUT2D eigenvalue weighted by atomic mass is 9.73. The number of piperidine rings is 3. The molecule has 1 aromatic carbocycles. The minimum Gasteiger partial charge on any atom is -0.497 e. The number of methoxy groups -OCH3 is 1. The van der Waals surface area contributed by atoms with Crippen LogP contribution < -0.4 is 13.1 Å². The molecule has 3 saturated heterocycles. The predicted molar refractivity (Wildman–Crippen MR) is 104 cm³/mol. The molecule has 6 atom stereocenters. The van der Waals surface area contributed by atoms with Gasteiger partial charge in [-0.2, -0.15) is 4.21 Å². The molecule has 7 nitrogen and oxygen atoms in total. The number of aromatic nitrogens is 1. The van der Waals surface area contributed by atoms with Gasteiger partial charge in [-0.3, -0.25) is 4.90 Å². The van der Waals surface area contributed by atoms with Gasteiger partial charge in [-0.15, -0.1) is 6.58 Å². The lowest BCUT2D eigenvalue weighted by Gasteiger charge is -2.50. The highest BCUT2D eigenvalue weighted by molar-refractivity contribution is 7.76. The van der Waals surface area contributed by atoms with E-state index in [0.29, 0.717) is 28.7 Å². The molecule has 2 aromatic rings. The van der Waals surface area contributed by atoms with Gasteiger partial charge in [0.25, 0.3) is 5.88 Å². The minimum atomic E-state index is -1.95. The molecule has 148 valence electrons. The molecule has 5 heterocycles. The summed E-state index contributed by atoms with van der Waals surface area (Å²) in [5.41, 5.74) is 1.20. The van der Waals surface area contributed by atoms with Crippen molar-refractivity contribution in [2.75, 3.05) is 20.2 Å². The lowest BCUT2D eigenvalue weighted by Crippen LogP contribution is -2.54. The topological polar surface area (TPSA) is 81.1 Å². The Morgan fingerprint density at radius 3 is 3.04 bits per heavy atom. The van der Waals surface area contributed by atoms with Crippen LogP contribution >= 0.6 is 0 Å². The van der Waals surface area contributed by atoms with Crippen LogP contribution in [0.5, 0.6) is 17.4 Å². The van der Waals surface area contributed by atoms with Crippen molar-refractivity contribution in [1.29, 1.82) is 0 Å². The molecule has 1 N–H and O–H groups in total. The zero-order valence-electron chi connectivity index (χ0n) is 15.5. The highest BCUT2D eigenvalue weighted by atomic mass is 32.2. The monoisotopic (exact) mass is 402 g/mol. The number of fused-ring (bicyclic) bond motifs is 5. The number of rotatable bonds is 4. The number of benzene rings is 1. The molecule has 4 aliphatic heterocycles. The van der Waals surface area contributed by atoms with Gasteiger partial charge in [0.15, 0.2) is 0 Å². The molecule has 0 saturated carbocycles. The maximum atomic E-state index is 11.9. The quantitative estimate of drug-likeness (QED) is 0.787. The van der Waals surface area contributed by atoms with Gasteiger partial charge < -0.3 is 18.2 Å². The van der Waals surface area contributed by atoms with Crippen molar-refractivity contribution >= 4 is 22.3 Å². The van der Waals surface area contributed by atoms with Gasteiger partial charge >= 0.3 is 11.4 Å². The van der Waals surface area contributed by atoms with Gasteiger partial charge in [0.05, 0.1) is 18.7 Å². The van der Waals surface area contributed by atoms with E-state index in [1.54, 1.807) is 19.2 Å². The van der Waals surface area contributed by atoms with Crippen LogP contribution in [0.25, 0.3) is 10.9 Å². The molecular formula is C20H22N2O5S. The summed E-state index contributed by atoms with van der Waals surface area (Å²) in [6, 6.07) is 5.38. The van der Waals surface area contributed by atoms with Crippen molar-refractivity contribution in [3.8, 4) is 17.4 Å². The second-order valence-electron chi connectivity index (χ2n) is 7.60. The molecule has 28 heavy (non-hydrogen) atoms. The van der Waals surface area contributed by atoms with Crippen molar-refractivity contribution in [3.63, 3.8) is 0 Å². The Hall–Kier alpha value is -2.16. The Bertz CT molecular complexity index is 981. The predicted octanol–water partition coefficient (Wildman–Crippen LogP) is 2.52. The molecule has 0 amide bonds. The average Bonchev–Trinajstić information content (AvgIpc) is 3.10. The highest BCUT2D eigenvalue weighted by Gasteiger charge is 2.44. The van der Waals surface area contributed by atoms with E-state index >= 15 is 0 Å². The molecule has 3 fully saturated rings. The number of aliphatic hydroxyl groups is 1. The Balaban J connectivity index is 1.62. The summed E-state index contributed by atoms with van der Waals surface area (Å²) in [6.45, 7) is 5.81. The standard InChI is InChI=1S/C20H22N2O5S/c1-3-11-10-22-7-6-12(11)8-16(22)18(23)17-14-9-13(25-2)4-5-15(14)21-20-19(17)26-28(24)27-20/h3-5,9,11-12,16,18,23H,1,6-8,10H2,2H3/t11-,12?,16-,18-,28?/m0/s1. The van der Waals surface area contributed by atoms with E-state index in [9.17, 15) is 9.32 Å². The van der Waals surface area contributed by atoms with E-state index in [1.165, 1.54) is 0 Å². The van der Waals surface area contributed by atoms with Gasteiger partial charge in [0.1, 0.15) is 5.75 Å². The minimum absolute atomic E-state index is 0.0477. The smallest absolute Gasteiger partial charge is 0.419 e. The van der Waals surface area contributed by atoms with E-state index in [-0.39, 0.29) is 17.7 Å². The largest absolute Gasteiger partial charge is 0.497 e. The highest BCUT2D eigenvalue weighted by Crippen LogP contribution is 2.48. The molecule has 0 spiro atoms. The maximum Gasteiger partial charge on any atom is 0.419 e. The molecular weight excluding hydrogens is 380 g/mol. The van der Waals surface area contributed by atoms with Crippen molar-refractivity contribution in [2.45, 2.75) is 25.0 Å². The molecule has 0 radical (unpaired) electrons. The Labute approximate surface area is 165 Å². The third-order valence-electron chi connectivity index (χ3n) is 6.27. The maximum absolute atomic E-state index is 11.9. The number of ether oxygens (including phenoxy) is 1. The molecule has 0 aliphatic carbocycles. The summed E-state index contributed by atoms with van der Waals surface area (Å²) >= 11 is -1.95. The third kappa shape index (κ3) is 2.70. The van der Waals surface area contributed by atoms with Crippen LogP contribution in [-0.2, 0) is 11.4 Å². The fourth-order valence-electron chi connectivity index (χ4n) is 4.83. The number of nitrogens with zero attached hydrogens (tertiary/aromatic N) is 2. The first-order valence-electron chi connectivity index (χ1n) is 9.43. The summed E-state index contributed by atoms with van der Waals surface area (Å²) in [5, 5.41) is 12.2. The van der Waals surface area contributed by atoms with E-state index in [1.807, 2.05) is 12.1 Å². The van der Waals surface area contributed by atoms with E-state index in [2.05, 4.69) is 16.5 Å². The first-order valence-corrected chi connectivity index (χ1v) is 10.4. The SMILES string of the molecule is C=C[C@H]1CN2CCC1C[C@H]2[C@H](O)c1c2c(nc3ccc(OC)cc13)OS(=O)O2. The van der Waals surface area contributed by atoms with Crippen molar-refractivity contribution in [3.05, 3.63) is 36.4 Å². The third-order valence-corrected chi connectivity index (χ3v) is 6.86. The molecule has 4 aliphatic rings. The fraction of sp³-hybridized carbons (Fsp3) is 0.450. The lowest BCUT2D eigenvalue weighted by molar-refractivity contribution is -0.0448. The van der Waals surface area contributed by atoms with Crippen molar-refractivity contribution in [1.82, 2.24) is 9.88 Å². The Morgan fingerprint density at radius 2 is 2.32 bits per heavy atom. The summed E-state index contributed by atoms with van der Waals surface area (Å²) in [6.07, 6.45) is 3.21. The summed E-state index contributed by atoms with van der Waals surface area (Å²) in [4.78, 5) is 6.73. The second kappa shape index (κ2) is 6.72. The van der Waals surface area contributed by atoms with Gasteiger partial charge in [-0.25, -0.2) is 4.98 Å². The number of pyridine rings is 1. The van der Waals surface area contributed by atoms with Crippen LogP contribution in [0.3, 0.4) is 0 Å². The summed E-state index contributed by atoms with van der Waals surface area (Å²) in [5.74, 6) is 2.05. The van der Waals surface area contributed by atoms with E-state index < -0.39 is 17.5 Å². The normalized spacial score (nSPS) is 31.7. The van der Waals surface area contributed by atoms with Crippen LogP contribution in [0.15, 0.2) is 30.9 Å². The van der Waals surface area contributed by atoms with E-state index in [4.69, 9.17) is 13.1 Å². The van der Waals surface area contributed by atoms with E-state index in [0.717, 1.165) is 31.3 Å². The summed E-state index contributed by atoms with van der Waals surface area (Å²) in [7, 11) is 1.59.